The molecule has 0 atom stereocenters. The van der Waals surface area contributed by atoms with Crippen LogP contribution >= 0.6 is 11.3 Å². The first-order valence-electron chi connectivity index (χ1n) is 5.45. The summed E-state index contributed by atoms with van der Waals surface area (Å²) in [6, 6.07) is 2.92. The van der Waals surface area contributed by atoms with Gasteiger partial charge in [0.15, 0.2) is 0 Å². The molecule has 5 nitrogen and oxygen atoms in total. The number of carboxylic acids is 1. The van der Waals surface area contributed by atoms with Gasteiger partial charge in [-0.2, -0.15) is 0 Å². The van der Waals surface area contributed by atoms with E-state index in [4.69, 9.17) is 9.84 Å². The second-order valence-electron chi connectivity index (χ2n) is 3.41. The molecule has 0 saturated carbocycles. The van der Waals surface area contributed by atoms with Crippen molar-refractivity contribution in [1.29, 1.82) is 0 Å². The predicted octanol–water partition coefficient (Wildman–Crippen LogP) is 1.77. The van der Waals surface area contributed by atoms with Crippen LogP contribution in [0.25, 0.3) is 0 Å². The maximum atomic E-state index is 11.6. The van der Waals surface area contributed by atoms with Crippen molar-refractivity contribution in [3.8, 4) is 0 Å². The summed E-state index contributed by atoms with van der Waals surface area (Å²) in [5.74, 6) is -1.30. The Hall–Kier alpha value is -1.66. The highest BCUT2D eigenvalue weighted by atomic mass is 32.1. The van der Waals surface area contributed by atoms with Crippen LogP contribution in [-0.4, -0.2) is 36.7 Å². The van der Waals surface area contributed by atoms with E-state index in [9.17, 15) is 9.59 Å². The number of carboxylic acid groups (broad SMARTS) is 1. The van der Waals surface area contributed by atoms with Crippen molar-refractivity contribution < 1.29 is 19.4 Å². The van der Waals surface area contributed by atoms with Crippen LogP contribution in [0.2, 0.25) is 0 Å². The number of hydrogen-bond donors (Lipinski definition) is 2. The Labute approximate surface area is 109 Å². The van der Waals surface area contributed by atoms with Crippen LogP contribution in [0.3, 0.4) is 0 Å². The van der Waals surface area contributed by atoms with Gasteiger partial charge in [0.2, 0.25) is 0 Å². The Morgan fingerprint density at radius 3 is 2.72 bits per heavy atom. The summed E-state index contributed by atoms with van der Waals surface area (Å²) in [4.78, 5) is 22.8. The fourth-order valence-corrected chi connectivity index (χ4v) is 1.93. The van der Waals surface area contributed by atoms with Gasteiger partial charge in [0.05, 0.1) is 18.1 Å². The highest BCUT2D eigenvalue weighted by Gasteiger charge is 2.12. The monoisotopic (exact) mass is 269 g/mol. The number of carbonyl (C=O) groups excluding carboxylic acids is 1. The lowest BCUT2D eigenvalue weighted by atomic mass is 10.4. The summed E-state index contributed by atoms with van der Waals surface area (Å²) in [6.45, 7) is 4.98. The number of aromatic carboxylic acids is 1. The molecule has 1 aromatic rings. The van der Waals surface area contributed by atoms with E-state index in [2.05, 4.69) is 11.9 Å². The van der Waals surface area contributed by atoms with Gasteiger partial charge in [-0.15, -0.1) is 17.9 Å². The minimum Gasteiger partial charge on any atom is -0.477 e. The van der Waals surface area contributed by atoms with E-state index < -0.39 is 5.97 Å². The van der Waals surface area contributed by atoms with E-state index in [-0.39, 0.29) is 10.8 Å². The molecule has 0 radical (unpaired) electrons. The molecular formula is C12H15NO4S. The summed E-state index contributed by atoms with van der Waals surface area (Å²) in [6.07, 6.45) is 2.54. The average Bonchev–Trinajstić information content (AvgIpc) is 2.83. The van der Waals surface area contributed by atoms with E-state index in [1.54, 1.807) is 6.08 Å². The Balaban J connectivity index is 2.27. The normalized spacial score (nSPS) is 10.0. The van der Waals surface area contributed by atoms with Crippen molar-refractivity contribution in [3.05, 3.63) is 34.5 Å². The van der Waals surface area contributed by atoms with Crippen LogP contribution in [0.5, 0.6) is 0 Å². The van der Waals surface area contributed by atoms with Gasteiger partial charge in [0.1, 0.15) is 4.88 Å². The highest BCUT2D eigenvalue weighted by Crippen LogP contribution is 2.15. The Bertz CT molecular complexity index is 427. The number of rotatable bonds is 8. The van der Waals surface area contributed by atoms with Gasteiger partial charge in [-0.3, -0.25) is 4.79 Å². The molecule has 1 amide bonds. The molecule has 0 aliphatic carbocycles. The standard InChI is InChI=1S/C12H15NO4S/c1-2-3-7-17-8-6-13-11(14)9-4-5-10(18-9)12(15)16/h2,4-5H,1,3,6-8H2,(H,13,14)(H,15,16). The van der Waals surface area contributed by atoms with Gasteiger partial charge in [0, 0.05) is 6.54 Å². The lowest BCUT2D eigenvalue weighted by molar-refractivity contribution is 0.0702. The molecule has 0 aliphatic heterocycles. The summed E-state index contributed by atoms with van der Waals surface area (Å²) in [5, 5.41) is 11.4. The minimum atomic E-state index is -1.02. The molecule has 6 heteroatoms. The smallest absolute Gasteiger partial charge is 0.345 e. The third-order valence-electron chi connectivity index (χ3n) is 2.04. The number of carbonyl (C=O) groups is 2. The Morgan fingerprint density at radius 1 is 1.39 bits per heavy atom. The lowest BCUT2D eigenvalue weighted by Gasteiger charge is -2.04. The average molecular weight is 269 g/mol. The Kier molecular flexibility index (Phi) is 6.10. The van der Waals surface area contributed by atoms with Crippen LogP contribution < -0.4 is 5.32 Å². The second kappa shape index (κ2) is 7.62. The molecule has 0 aromatic carbocycles. The molecule has 1 heterocycles. The van der Waals surface area contributed by atoms with Crippen molar-refractivity contribution >= 4 is 23.2 Å². The minimum absolute atomic E-state index is 0.155. The third kappa shape index (κ3) is 4.68. The molecule has 0 aliphatic rings. The largest absolute Gasteiger partial charge is 0.477 e. The quantitative estimate of drug-likeness (QED) is 0.557. The molecular weight excluding hydrogens is 254 g/mol. The van der Waals surface area contributed by atoms with E-state index in [1.807, 2.05) is 0 Å². The zero-order chi connectivity index (χ0) is 13.4. The summed E-state index contributed by atoms with van der Waals surface area (Å²) >= 11 is 0.955. The molecule has 1 rings (SSSR count). The number of ether oxygens (including phenoxy) is 1. The number of amides is 1. The van der Waals surface area contributed by atoms with Crippen molar-refractivity contribution in [1.82, 2.24) is 5.32 Å². The molecule has 0 spiro atoms. The van der Waals surface area contributed by atoms with Crippen molar-refractivity contribution in [2.45, 2.75) is 6.42 Å². The fraction of sp³-hybridized carbons (Fsp3) is 0.333. The van der Waals surface area contributed by atoms with Gasteiger partial charge < -0.3 is 15.2 Å². The number of hydrogen-bond acceptors (Lipinski definition) is 4. The van der Waals surface area contributed by atoms with Gasteiger partial charge in [-0.05, 0) is 18.6 Å². The molecule has 2 N–H and O–H groups in total. The first kappa shape index (κ1) is 14.4. The third-order valence-corrected chi connectivity index (χ3v) is 3.11. The number of thiophene rings is 1. The molecule has 98 valence electrons. The van der Waals surface area contributed by atoms with Gasteiger partial charge >= 0.3 is 5.97 Å². The highest BCUT2D eigenvalue weighted by molar-refractivity contribution is 7.15. The van der Waals surface area contributed by atoms with Crippen LogP contribution in [0.15, 0.2) is 24.8 Å². The van der Waals surface area contributed by atoms with Crippen LogP contribution in [0.1, 0.15) is 25.8 Å². The molecule has 1 aromatic heterocycles. The Morgan fingerprint density at radius 2 is 2.11 bits per heavy atom. The van der Waals surface area contributed by atoms with E-state index in [1.165, 1.54) is 12.1 Å². The van der Waals surface area contributed by atoms with Gasteiger partial charge in [-0.1, -0.05) is 6.08 Å². The molecule has 0 fully saturated rings. The maximum absolute atomic E-state index is 11.6. The second-order valence-corrected chi connectivity index (χ2v) is 4.50. The van der Waals surface area contributed by atoms with Crippen LogP contribution in [-0.2, 0) is 4.74 Å². The molecule has 0 bridgehead atoms. The molecule has 0 unspecified atom stereocenters. The van der Waals surface area contributed by atoms with Crippen molar-refractivity contribution in [3.63, 3.8) is 0 Å². The van der Waals surface area contributed by atoms with Crippen LogP contribution in [0, 0.1) is 0 Å². The van der Waals surface area contributed by atoms with Gasteiger partial charge in [0.25, 0.3) is 5.91 Å². The predicted molar refractivity (Wildman–Crippen MR) is 69.2 cm³/mol. The van der Waals surface area contributed by atoms with Crippen molar-refractivity contribution in [2.75, 3.05) is 19.8 Å². The zero-order valence-electron chi connectivity index (χ0n) is 9.85. The first-order chi connectivity index (χ1) is 8.65. The maximum Gasteiger partial charge on any atom is 0.345 e. The molecule has 0 saturated heterocycles. The first-order valence-corrected chi connectivity index (χ1v) is 6.26. The zero-order valence-corrected chi connectivity index (χ0v) is 10.7. The SMILES string of the molecule is C=CCCOCCNC(=O)c1ccc(C(=O)O)s1. The van der Waals surface area contributed by atoms with Crippen molar-refractivity contribution in [2.24, 2.45) is 0 Å². The van der Waals surface area contributed by atoms with Gasteiger partial charge in [-0.25, -0.2) is 4.79 Å². The number of nitrogens with one attached hydrogen (secondary N) is 1. The molecule has 18 heavy (non-hydrogen) atoms. The lowest BCUT2D eigenvalue weighted by Crippen LogP contribution is -2.26. The topological polar surface area (TPSA) is 75.6 Å². The van der Waals surface area contributed by atoms with Crippen LogP contribution in [0.4, 0.5) is 0 Å². The summed E-state index contributed by atoms with van der Waals surface area (Å²) < 4.78 is 5.23. The fourth-order valence-electron chi connectivity index (χ4n) is 1.17. The van der Waals surface area contributed by atoms with E-state index in [0.717, 1.165) is 17.8 Å². The summed E-state index contributed by atoms with van der Waals surface area (Å²) in [7, 11) is 0. The van der Waals surface area contributed by atoms with E-state index >= 15 is 0 Å². The van der Waals surface area contributed by atoms with E-state index in [0.29, 0.717) is 24.6 Å². The summed E-state index contributed by atoms with van der Waals surface area (Å²) in [5.41, 5.74) is 0.